The maximum Gasteiger partial charge on any atom is 0.419 e. The molecule has 0 atom stereocenters. The Bertz CT molecular complexity index is 867. The van der Waals surface area contributed by atoms with Crippen molar-refractivity contribution in [3.8, 4) is 0 Å². The van der Waals surface area contributed by atoms with Crippen LogP contribution in [0.5, 0.6) is 0 Å². The van der Waals surface area contributed by atoms with E-state index in [0.717, 1.165) is 17.7 Å². The smallest absolute Gasteiger partial charge is 0.277 e. The van der Waals surface area contributed by atoms with Gasteiger partial charge in [0.05, 0.1) is 16.1 Å². The minimum Gasteiger partial charge on any atom is -0.277 e. The zero-order valence-corrected chi connectivity index (χ0v) is 14.6. The van der Waals surface area contributed by atoms with Gasteiger partial charge in [0, 0.05) is 0 Å². The van der Waals surface area contributed by atoms with Gasteiger partial charge in [-0.25, -0.2) is 12.8 Å². The topological polar surface area (TPSA) is 46.2 Å². The van der Waals surface area contributed by atoms with E-state index in [4.69, 9.17) is 0 Å². The van der Waals surface area contributed by atoms with Crippen molar-refractivity contribution in [2.75, 3.05) is 4.72 Å². The van der Waals surface area contributed by atoms with Gasteiger partial charge < -0.3 is 0 Å². The molecule has 0 aliphatic carbocycles. The molecule has 0 fully saturated rings. The van der Waals surface area contributed by atoms with Crippen molar-refractivity contribution in [1.82, 2.24) is 0 Å². The van der Waals surface area contributed by atoms with Crippen molar-refractivity contribution >= 4 is 15.7 Å². The number of anilines is 1. The SMILES string of the molecule is CC(C)(C)c1ccc(S(=O)(=O)Nc2cccc(C(F)(F)F)c2F)cc1. The zero-order chi connectivity index (χ0) is 19.0. The number of hydrogen-bond donors (Lipinski definition) is 1. The highest BCUT2D eigenvalue weighted by atomic mass is 32.2. The molecule has 0 heterocycles. The molecule has 0 amide bonds. The van der Waals surface area contributed by atoms with Gasteiger partial charge in [-0.05, 0) is 35.2 Å². The van der Waals surface area contributed by atoms with E-state index < -0.39 is 33.3 Å². The summed E-state index contributed by atoms with van der Waals surface area (Å²) in [6.07, 6.45) is -4.92. The Morgan fingerprint density at radius 1 is 0.920 bits per heavy atom. The third kappa shape index (κ3) is 4.31. The third-order valence-electron chi connectivity index (χ3n) is 3.58. The molecule has 3 nitrogen and oxygen atoms in total. The van der Waals surface area contributed by atoms with E-state index in [1.165, 1.54) is 12.1 Å². The molecule has 8 heteroatoms. The Morgan fingerprint density at radius 3 is 1.96 bits per heavy atom. The summed E-state index contributed by atoms with van der Waals surface area (Å²) in [5.41, 5.74) is -1.59. The largest absolute Gasteiger partial charge is 0.419 e. The summed E-state index contributed by atoms with van der Waals surface area (Å²) >= 11 is 0. The number of hydrogen-bond acceptors (Lipinski definition) is 2. The van der Waals surface area contributed by atoms with Gasteiger partial charge in [0.1, 0.15) is 0 Å². The minimum absolute atomic E-state index is 0.169. The highest BCUT2D eigenvalue weighted by molar-refractivity contribution is 7.92. The molecule has 0 radical (unpaired) electrons. The van der Waals surface area contributed by atoms with E-state index >= 15 is 0 Å². The van der Waals surface area contributed by atoms with Gasteiger partial charge in [-0.3, -0.25) is 4.72 Å². The first kappa shape index (κ1) is 19.2. The van der Waals surface area contributed by atoms with Crippen LogP contribution in [-0.2, 0) is 21.6 Å². The van der Waals surface area contributed by atoms with E-state index in [1.54, 1.807) is 12.1 Å². The molecule has 1 N–H and O–H groups in total. The van der Waals surface area contributed by atoms with Crippen LogP contribution in [0.25, 0.3) is 0 Å². The fourth-order valence-corrected chi connectivity index (χ4v) is 3.23. The first-order valence-corrected chi connectivity index (χ1v) is 8.80. The van der Waals surface area contributed by atoms with Gasteiger partial charge in [-0.1, -0.05) is 39.0 Å². The fraction of sp³-hybridized carbons (Fsp3) is 0.294. The normalized spacial score (nSPS) is 12.9. The molecule has 2 aromatic rings. The second-order valence-corrected chi connectivity index (χ2v) is 8.23. The lowest BCUT2D eigenvalue weighted by atomic mass is 9.87. The minimum atomic E-state index is -4.92. The standard InChI is InChI=1S/C17H17F4NO2S/c1-16(2,3)11-7-9-12(10-8-11)25(23,24)22-14-6-4-5-13(15(14)18)17(19,20)21/h4-10,22H,1-3H3. The monoisotopic (exact) mass is 375 g/mol. The third-order valence-corrected chi connectivity index (χ3v) is 4.96. The average molecular weight is 375 g/mol. The van der Waals surface area contributed by atoms with Crippen LogP contribution in [0.2, 0.25) is 0 Å². The summed E-state index contributed by atoms with van der Waals surface area (Å²) in [7, 11) is -4.22. The summed E-state index contributed by atoms with van der Waals surface area (Å²) in [5, 5.41) is 0. The van der Waals surface area contributed by atoms with E-state index in [9.17, 15) is 26.0 Å². The number of halogens is 4. The van der Waals surface area contributed by atoms with Gasteiger partial charge in [0.25, 0.3) is 10.0 Å². The molecule has 0 spiro atoms. The second kappa shape index (κ2) is 6.33. The van der Waals surface area contributed by atoms with Crippen molar-refractivity contribution in [3.63, 3.8) is 0 Å². The maximum atomic E-state index is 14.0. The van der Waals surface area contributed by atoms with Gasteiger partial charge in [0.2, 0.25) is 0 Å². The van der Waals surface area contributed by atoms with E-state index in [2.05, 4.69) is 0 Å². The zero-order valence-electron chi connectivity index (χ0n) is 13.8. The summed E-state index contributed by atoms with van der Waals surface area (Å²) < 4.78 is 78.7. The first-order chi connectivity index (χ1) is 11.3. The van der Waals surface area contributed by atoms with Gasteiger partial charge in [-0.15, -0.1) is 0 Å². The summed E-state index contributed by atoms with van der Waals surface area (Å²) in [6, 6.07) is 8.29. The molecule has 0 aliphatic heterocycles. The van der Waals surface area contributed by atoms with Gasteiger partial charge in [0.15, 0.2) is 5.82 Å². The van der Waals surface area contributed by atoms with Gasteiger partial charge in [-0.2, -0.15) is 13.2 Å². The van der Waals surface area contributed by atoms with Crippen LogP contribution in [0.15, 0.2) is 47.4 Å². The lowest BCUT2D eigenvalue weighted by Crippen LogP contribution is -2.17. The first-order valence-electron chi connectivity index (χ1n) is 7.31. The van der Waals surface area contributed by atoms with Crippen LogP contribution in [0.3, 0.4) is 0 Å². The van der Waals surface area contributed by atoms with Crippen LogP contribution in [-0.4, -0.2) is 8.42 Å². The number of nitrogens with one attached hydrogen (secondary N) is 1. The molecule has 0 saturated carbocycles. The molecule has 25 heavy (non-hydrogen) atoms. The number of rotatable bonds is 3. The summed E-state index contributed by atoms with van der Waals surface area (Å²) in [4.78, 5) is -0.169. The molecule has 0 aromatic heterocycles. The fourth-order valence-electron chi connectivity index (χ4n) is 2.17. The molecule has 0 aliphatic rings. The average Bonchev–Trinajstić information content (AvgIpc) is 2.47. The Morgan fingerprint density at radius 2 is 1.48 bits per heavy atom. The van der Waals surface area contributed by atoms with Crippen molar-refractivity contribution < 1.29 is 26.0 Å². The molecule has 0 saturated heterocycles. The summed E-state index contributed by atoms with van der Waals surface area (Å²) in [6.45, 7) is 5.85. The number of sulfonamides is 1. The molecule has 136 valence electrons. The van der Waals surface area contributed by atoms with Crippen LogP contribution in [0.1, 0.15) is 31.9 Å². The predicted molar refractivity (Wildman–Crippen MR) is 87.4 cm³/mol. The Kier molecular flexibility index (Phi) is 4.87. The molecule has 0 bridgehead atoms. The molecular weight excluding hydrogens is 358 g/mol. The second-order valence-electron chi connectivity index (χ2n) is 6.54. The highest BCUT2D eigenvalue weighted by Crippen LogP contribution is 2.34. The molecule has 2 rings (SSSR count). The molecule has 2 aromatic carbocycles. The number of benzene rings is 2. The Labute approximate surface area is 143 Å². The van der Waals surface area contributed by atoms with Crippen LogP contribution in [0.4, 0.5) is 23.2 Å². The Balaban J connectivity index is 2.37. The van der Waals surface area contributed by atoms with Crippen molar-refractivity contribution in [2.24, 2.45) is 0 Å². The van der Waals surface area contributed by atoms with Crippen LogP contribution in [0, 0.1) is 5.82 Å². The lowest BCUT2D eigenvalue weighted by molar-refractivity contribution is -0.139. The summed E-state index contributed by atoms with van der Waals surface area (Å²) in [5.74, 6) is -1.66. The quantitative estimate of drug-likeness (QED) is 0.772. The van der Waals surface area contributed by atoms with E-state index in [-0.39, 0.29) is 10.3 Å². The number of alkyl halides is 3. The van der Waals surface area contributed by atoms with E-state index in [0.29, 0.717) is 6.07 Å². The van der Waals surface area contributed by atoms with Crippen LogP contribution >= 0.6 is 0 Å². The van der Waals surface area contributed by atoms with E-state index in [1.807, 2.05) is 25.5 Å². The van der Waals surface area contributed by atoms with Crippen molar-refractivity contribution in [1.29, 1.82) is 0 Å². The Hall–Kier alpha value is -2.09. The molecular formula is C17H17F4NO2S. The predicted octanol–water partition coefficient (Wildman–Crippen LogP) is 4.94. The van der Waals surface area contributed by atoms with Crippen molar-refractivity contribution in [3.05, 3.63) is 59.4 Å². The molecule has 0 unspecified atom stereocenters. The lowest BCUT2D eigenvalue weighted by Gasteiger charge is -2.19. The van der Waals surface area contributed by atoms with Gasteiger partial charge >= 0.3 is 6.18 Å². The highest BCUT2D eigenvalue weighted by Gasteiger charge is 2.35. The van der Waals surface area contributed by atoms with Crippen LogP contribution < -0.4 is 4.72 Å². The maximum absolute atomic E-state index is 14.0. The van der Waals surface area contributed by atoms with Crippen molar-refractivity contribution in [2.45, 2.75) is 37.3 Å².